The van der Waals surface area contributed by atoms with Gasteiger partial charge in [0.25, 0.3) is 0 Å². The molecule has 0 saturated heterocycles. The normalized spacial score (nSPS) is 30.7. The van der Waals surface area contributed by atoms with Gasteiger partial charge in [0.1, 0.15) is 0 Å². The van der Waals surface area contributed by atoms with E-state index in [0.717, 1.165) is 28.9 Å². The number of nitrogens with zero attached hydrogens (tertiary/aromatic N) is 1. The molecule has 4 rings (SSSR count). The second kappa shape index (κ2) is 10.6. The molecule has 4 bridgehead atoms. The molecule has 0 aromatic carbocycles. The Hall–Kier alpha value is -0.570. The first-order chi connectivity index (χ1) is 13.9. The third kappa shape index (κ3) is 6.71. The molecule has 0 atom stereocenters. The van der Waals surface area contributed by atoms with Crippen LogP contribution in [0.15, 0.2) is 0 Å². The molecule has 0 radical (unpaired) electrons. The van der Waals surface area contributed by atoms with Gasteiger partial charge in [-0.1, -0.05) is 58.3 Å². The Balaban J connectivity index is 1.27. The summed E-state index contributed by atoms with van der Waals surface area (Å²) in [5.74, 6) is 2.94. The summed E-state index contributed by atoms with van der Waals surface area (Å²) in [5.41, 5.74) is 0.00583. The first-order valence-corrected chi connectivity index (χ1v) is 13.0. The Kier molecular flexibility index (Phi) is 8.48. The summed E-state index contributed by atoms with van der Waals surface area (Å²) < 4.78 is 0.926. The maximum atomic E-state index is 13.2. The van der Waals surface area contributed by atoms with Gasteiger partial charge in [-0.05, 0) is 69.1 Å². The van der Waals surface area contributed by atoms with Crippen molar-refractivity contribution in [1.82, 2.24) is 5.32 Å². The van der Waals surface area contributed by atoms with Gasteiger partial charge in [0, 0.05) is 0 Å². The van der Waals surface area contributed by atoms with Crippen molar-refractivity contribution >= 4 is 5.91 Å². The summed E-state index contributed by atoms with van der Waals surface area (Å²) in [4.78, 5) is 13.2. The molecule has 0 unspecified atom stereocenters. The second-order valence-electron chi connectivity index (χ2n) is 11.7. The Morgan fingerprint density at radius 2 is 1.24 bits per heavy atom. The Morgan fingerprint density at radius 1 is 0.793 bits per heavy atom. The highest BCUT2D eigenvalue weighted by Crippen LogP contribution is 2.60. The number of unbranched alkanes of at least 4 members (excludes halogenated alkanes) is 9. The quantitative estimate of drug-likeness (QED) is 0.206. The van der Waals surface area contributed by atoms with Crippen LogP contribution in [0.1, 0.15) is 110 Å². The first kappa shape index (κ1) is 23.1. The van der Waals surface area contributed by atoms with Gasteiger partial charge >= 0.3 is 0 Å². The minimum atomic E-state index is 0.00583. The van der Waals surface area contributed by atoms with Crippen molar-refractivity contribution in [2.24, 2.45) is 23.2 Å². The maximum Gasteiger partial charge on any atom is 0.230 e. The van der Waals surface area contributed by atoms with Crippen LogP contribution in [0.4, 0.5) is 0 Å². The smallest absolute Gasteiger partial charge is 0.230 e. The molecule has 3 heteroatoms. The monoisotopic (exact) mass is 405 g/mol. The molecule has 0 aromatic rings. The van der Waals surface area contributed by atoms with E-state index in [4.69, 9.17) is 0 Å². The van der Waals surface area contributed by atoms with Crippen molar-refractivity contribution in [1.29, 1.82) is 0 Å². The molecule has 1 amide bonds. The van der Waals surface area contributed by atoms with Crippen LogP contribution in [0.3, 0.4) is 0 Å². The van der Waals surface area contributed by atoms with Crippen LogP contribution in [0.25, 0.3) is 0 Å². The fraction of sp³-hybridized carbons (Fsp3) is 0.962. The van der Waals surface area contributed by atoms with Gasteiger partial charge in [0.05, 0.1) is 26.1 Å². The zero-order valence-corrected chi connectivity index (χ0v) is 19.8. The molecule has 168 valence electrons. The van der Waals surface area contributed by atoms with Gasteiger partial charge in [-0.25, -0.2) is 0 Å². The van der Waals surface area contributed by atoms with Crippen molar-refractivity contribution in [3.8, 4) is 0 Å². The minimum Gasteiger partial charge on any atom is -0.311 e. The van der Waals surface area contributed by atoms with Gasteiger partial charge in [-0.3, -0.25) is 4.79 Å². The van der Waals surface area contributed by atoms with Gasteiger partial charge < -0.3 is 9.80 Å². The van der Waals surface area contributed by atoms with E-state index < -0.39 is 0 Å². The highest BCUT2D eigenvalue weighted by atomic mass is 16.2. The van der Waals surface area contributed by atoms with E-state index in [0.29, 0.717) is 5.91 Å². The van der Waals surface area contributed by atoms with Crippen molar-refractivity contribution in [3.05, 3.63) is 0 Å². The molecule has 4 aliphatic carbocycles. The zero-order valence-electron chi connectivity index (χ0n) is 19.8. The summed E-state index contributed by atoms with van der Waals surface area (Å²) in [6, 6.07) is 0. The fourth-order valence-corrected chi connectivity index (χ4v) is 6.97. The topological polar surface area (TPSA) is 29.1 Å². The SMILES string of the molecule is CCCCCCCCCCCC[N+](C)(C)CNC(=O)C12CC3CC(CC(C3)C1)C2. The lowest BCUT2D eigenvalue weighted by atomic mass is 9.49. The van der Waals surface area contributed by atoms with Crippen LogP contribution in [0.2, 0.25) is 0 Å². The predicted molar refractivity (Wildman–Crippen MR) is 122 cm³/mol. The number of rotatable bonds is 14. The third-order valence-electron chi connectivity index (χ3n) is 8.30. The molecule has 0 aliphatic heterocycles. The molecule has 0 heterocycles. The van der Waals surface area contributed by atoms with E-state index in [1.165, 1.54) is 109 Å². The molecule has 4 fully saturated rings. The molecule has 3 nitrogen and oxygen atoms in total. The number of carbonyl (C=O) groups is 1. The second-order valence-corrected chi connectivity index (χ2v) is 11.7. The van der Waals surface area contributed by atoms with Gasteiger partial charge in [0.2, 0.25) is 5.91 Å². The molecular weight excluding hydrogens is 356 g/mol. The van der Waals surface area contributed by atoms with Crippen molar-refractivity contribution in [2.75, 3.05) is 27.3 Å². The predicted octanol–water partition coefficient (Wildman–Crippen LogP) is 6.27. The lowest BCUT2D eigenvalue weighted by Crippen LogP contribution is -2.57. The molecule has 0 spiro atoms. The van der Waals surface area contributed by atoms with Crippen LogP contribution in [-0.4, -0.2) is 37.7 Å². The standard InChI is InChI=1S/C26H48N2O/c1-4-5-6-7-8-9-10-11-12-13-14-28(2,3)21-27-25(29)26-18-22-15-23(19-26)17-24(16-22)20-26/h22-24H,4-21H2,1-3H3/p+1. The third-order valence-corrected chi connectivity index (χ3v) is 8.30. The van der Waals surface area contributed by atoms with Crippen molar-refractivity contribution in [2.45, 2.75) is 110 Å². The number of hydrogen-bond donors (Lipinski definition) is 1. The lowest BCUT2D eigenvalue weighted by molar-refractivity contribution is -0.892. The fourth-order valence-electron chi connectivity index (χ4n) is 6.97. The van der Waals surface area contributed by atoms with Crippen LogP contribution in [-0.2, 0) is 4.79 Å². The highest BCUT2D eigenvalue weighted by Gasteiger charge is 2.54. The van der Waals surface area contributed by atoms with E-state index in [1.807, 2.05) is 0 Å². The Morgan fingerprint density at radius 3 is 1.72 bits per heavy atom. The highest BCUT2D eigenvalue weighted by molar-refractivity contribution is 5.83. The van der Waals surface area contributed by atoms with Crippen LogP contribution >= 0.6 is 0 Å². The summed E-state index contributed by atoms with van der Waals surface area (Å²) in [6.07, 6.45) is 21.6. The number of quaternary nitrogens is 1. The Bertz CT molecular complexity index is 478. The van der Waals surface area contributed by atoms with E-state index in [-0.39, 0.29) is 5.41 Å². The van der Waals surface area contributed by atoms with Crippen LogP contribution < -0.4 is 5.32 Å². The Labute approximate surface area is 181 Å². The molecule has 0 aromatic heterocycles. The number of hydrogen-bond acceptors (Lipinski definition) is 1. The maximum absolute atomic E-state index is 13.2. The van der Waals surface area contributed by atoms with Crippen molar-refractivity contribution in [3.63, 3.8) is 0 Å². The van der Waals surface area contributed by atoms with Gasteiger partial charge in [0.15, 0.2) is 6.67 Å². The number of amides is 1. The number of carbonyl (C=O) groups excluding carboxylic acids is 1. The number of nitrogens with one attached hydrogen (secondary N) is 1. The van der Waals surface area contributed by atoms with Crippen molar-refractivity contribution < 1.29 is 9.28 Å². The summed E-state index contributed by atoms with van der Waals surface area (Å²) in [5, 5.41) is 3.40. The molecule has 1 N–H and O–H groups in total. The largest absolute Gasteiger partial charge is 0.311 e. The van der Waals surface area contributed by atoms with Crippen LogP contribution in [0, 0.1) is 23.2 Å². The molecule has 29 heavy (non-hydrogen) atoms. The average Bonchev–Trinajstić information content (AvgIpc) is 2.66. The van der Waals surface area contributed by atoms with Crippen LogP contribution in [0.5, 0.6) is 0 Å². The summed E-state index contributed by atoms with van der Waals surface area (Å²) in [6.45, 7) is 4.27. The zero-order chi connectivity index (χ0) is 20.7. The summed E-state index contributed by atoms with van der Waals surface area (Å²) in [7, 11) is 4.57. The molecular formula is C26H49N2O+. The van der Waals surface area contributed by atoms with E-state index in [1.54, 1.807) is 0 Å². The molecule has 4 saturated carbocycles. The van der Waals surface area contributed by atoms with E-state index in [2.05, 4.69) is 26.3 Å². The summed E-state index contributed by atoms with van der Waals surface area (Å²) >= 11 is 0. The molecule has 4 aliphatic rings. The van der Waals surface area contributed by atoms with Gasteiger partial charge in [-0.15, -0.1) is 0 Å². The lowest BCUT2D eigenvalue weighted by Gasteiger charge is -2.55. The first-order valence-electron chi connectivity index (χ1n) is 13.0. The van der Waals surface area contributed by atoms with E-state index in [9.17, 15) is 4.79 Å². The van der Waals surface area contributed by atoms with E-state index >= 15 is 0 Å². The minimum absolute atomic E-state index is 0.00583. The van der Waals surface area contributed by atoms with Gasteiger partial charge in [-0.2, -0.15) is 0 Å². The average molecular weight is 406 g/mol.